The van der Waals surface area contributed by atoms with Gasteiger partial charge in [0, 0.05) is 23.0 Å². The normalized spacial score (nSPS) is 16.3. The predicted octanol–water partition coefficient (Wildman–Crippen LogP) is 2.37. The van der Waals surface area contributed by atoms with E-state index in [4.69, 9.17) is 12.2 Å². The zero-order valence-corrected chi connectivity index (χ0v) is 11.7. The summed E-state index contributed by atoms with van der Waals surface area (Å²) in [5.74, 6) is 0. The smallest absolute Gasteiger partial charge is 0.187 e. The van der Waals surface area contributed by atoms with Crippen LogP contribution in [0.25, 0.3) is 0 Å². The molecule has 0 unspecified atom stereocenters. The SMILES string of the molecule is Cc1cc(/C=N/NC(=S)NC2CCCC2)c(C)[nH]1. The number of aromatic amines is 1. The molecule has 1 aromatic heterocycles. The van der Waals surface area contributed by atoms with E-state index in [1.54, 1.807) is 6.21 Å². The second-order valence-corrected chi connectivity index (χ2v) is 5.27. The number of hydrazone groups is 1. The van der Waals surface area contributed by atoms with Crippen LogP contribution in [0.5, 0.6) is 0 Å². The summed E-state index contributed by atoms with van der Waals surface area (Å²) < 4.78 is 0. The van der Waals surface area contributed by atoms with Crippen molar-refractivity contribution in [3.05, 3.63) is 23.0 Å². The van der Waals surface area contributed by atoms with Gasteiger partial charge in [0.15, 0.2) is 5.11 Å². The number of thiocarbonyl (C=S) groups is 1. The molecule has 1 aromatic rings. The summed E-state index contributed by atoms with van der Waals surface area (Å²) in [6, 6.07) is 2.59. The molecule has 1 saturated carbocycles. The lowest BCUT2D eigenvalue weighted by Gasteiger charge is -2.12. The van der Waals surface area contributed by atoms with E-state index in [2.05, 4.69) is 26.9 Å². The van der Waals surface area contributed by atoms with Gasteiger partial charge in [-0.15, -0.1) is 0 Å². The van der Waals surface area contributed by atoms with Gasteiger partial charge in [-0.25, -0.2) is 0 Å². The zero-order chi connectivity index (χ0) is 13.0. The first-order chi connectivity index (χ1) is 8.65. The molecule has 0 saturated heterocycles. The maximum Gasteiger partial charge on any atom is 0.187 e. The number of hydrogen-bond donors (Lipinski definition) is 3. The lowest BCUT2D eigenvalue weighted by molar-refractivity contribution is 0.624. The number of aryl methyl sites for hydroxylation is 2. The van der Waals surface area contributed by atoms with Crippen molar-refractivity contribution in [3.63, 3.8) is 0 Å². The van der Waals surface area contributed by atoms with Crippen LogP contribution in [0.3, 0.4) is 0 Å². The molecule has 1 fully saturated rings. The van der Waals surface area contributed by atoms with E-state index in [1.807, 2.05) is 13.8 Å². The third-order valence-electron chi connectivity index (χ3n) is 3.25. The predicted molar refractivity (Wildman–Crippen MR) is 79.0 cm³/mol. The number of rotatable bonds is 3. The Morgan fingerprint density at radius 3 is 2.78 bits per heavy atom. The Labute approximate surface area is 113 Å². The second kappa shape index (κ2) is 6.00. The molecule has 0 aliphatic heterocycles. The van der Waals surface area contributed by atoms with Crippen LogP contribution < -0.4 is 10.7 Å². The van der Waals surface area contributed by atoms with E-state index >= 15 is 0 Å². The van der Waals surface area contributed by atoms with Gasteiger partial charge >= 0.3 is 0 Å². The fourth-order valence-corrected chi connectivity index (χ4v) is 2.55. The number of aromatic nitrogens is 1. The minimum Gasteiger partial charge on any atom is -0.362 e. The minimum atomic E-state index is 0.524. The highest BCUT2D eigenvalue weighted by atomic mass is 32.1. The Kier molecular flexibility index (Phi) is 4.36. The Bertz CT molecular complexity index is 444. The van der Waals surface area contributed by atoms with Crippen LogP contribution >= 0.6 is 12.2 Å². The third kappa shape index (κ3) is 3.57. The van der Waals surface area contributed by atoms with Gasteiger partial charge in [0.05, 0.1) is 6.21 Å². The average molecular weight is 264 g/mol. The van der Waals surface area contributed by atoms with Gasteiger partial charge in [0.2, 0.25) is 0 Å². The van der Waals surface area contributed by atoms with Gasteiger partial charge in [-0.05, 0) is 45.0 Å². The maximum absolute atomic E-state index is 5.20. The van der Waals surface area contributed by atoms with Crippen LogP contribution in [0.2, 0.25) is 0 Å². The fraction of sp³-hybridized carbons (Fsp3) is 0.538. The minimum absolute atomic E-state index is 0.524. The highest BCUT2D eigenvalue weighted by Gasteiger charge is 2.14. The van der Waals surface area contributed by atoms with Crippen LogP contribution in [-0.2, 0) is 0 Å². The van der Waals surface area contributed by atoms with Crippen molar-refractivity contribution in [1.29, 1.82) is 0 Å². The Morgan fingerprint density at radius 1 is 1.44 bits per heavy atom. The molecule has 0 bridgehead atoms. The second-order valence-electron chi connectivity index (χ2n) is 4.86. The molecule has 1 aliphatic rings. The van der Waals surface area contributed by atoms with Crippen LogP contribution in [0.15, 0.2) is 11.2 Å². The van der Waals surface area contributed by atoms with Gasteiger partial charge in [-0.1, -0.05) is 12.8 Å². The van der Waals surface area contributed by atoms with Gasteiger partial charge in [0.25, 0.3) is 0 Å². The highest BCUT2D eigenvalue weighted by molar-refractivity contribution is 7.80. The molecule has 0 atom stereocenters. The van der Waals surface area contributed by atoms with E-state index in [1.165, 1.54) is 25.7 Å². The number of nitrogens with zero attached hydrogens (tertiary/aromatic N) is 1. The van der Waals surface area contributed by atoms with Gasteiger partial charge < -0.3 is 10.3 Å². The lowest BCUT2D eigenvalue weighted by Crippen LogP contribution is -2.38. The van der Waals surface area contributed by atoms with E-state index in [0.717, 1.165) is 17.0 Å². The van der Waals surface area contributed by atoms with Gasteiger partial charge in [-0.3, -0.25) is 5.43 Å². The summed E-state index contributed by atoms with van der Waals surface area (Å²) in [4.78, 5) is 3.24. The van der Waals surface area contributed by atoms with Crippen molar-refractivity contribution >= 4 is 23.5 Å². The summed E-state index contributed by atoms with van der Waals surface area (Å²) in [6.45, 7) is 4.06. The molecular formula is C13H20N4S. The van der Waals surface area contributed by atoms with E-state index in [-0.39, 0.29) is 0 Å². The third-order valence-corrected chi connectivity index (χ3v) is 3.46. The Morgan fingerprint density at radius 2 is 2.17 bits per heavy atom. The molecule has 98 valence electrons. The average Bonchev–Trinajstić information content (AvgIpc) is 2.89. The van der Waals surface area contributed by atoms with E-state index in [0.29, 0.717) is 11.2 Å². The zero-order valence-electron chi connectivity index (χ0n) is 10.9. The van der Waals surface area contributed by atoms with Crippen molar-refractivity contribution in [2.75, 3.05) is 0 Å². The lowest BCUT2D eigenvalue weighted by atomic mass is 10.3. The first-order valence-corrected chi connectivity index (χ1v) is 6.82. The summed E-state index contributed by atoms with van der Waals surface area (Å²) in [7, 11) is 0. The number of H-pyrrole nitrogens is 1. The molecule has 0 radical (unpaired) electrons. The number of hydrogen-bond acceptors (Lipinski definition) is 2. The molecule has 18 heavy (non-hydrogen) atoms. The molecule has 5 heteroatoms. The van der Waals surface area contributed by atoms with E-state index in [9.17, 15) is 0 Å². The standard InChI is InChI=1S/C13H20N4S/c1-9-7-11(10(2)15-9)8-14-17-13(18)16-12-5-3-4-6-12/h7-8,12,15H,3-6H2,1-2H3,(H2,16,17,18)/b14-8+. The van der Waals surface area contributed by atoms with Crippen LogP contribution in [-0.4, -0.2) is 22.4 Å². The molecule has 1 aliphatic carbocycles. The first-order valence-electron chi connectivity index (χ1n) is 6.41. The van der Waals surface area contributed by atoms with Crippen LogP contribution in [0, 0.1) is 13.8 Å². The molecular weight excluding hydrogens is 244 g/mol. The van der Waals surface area contributed by atoms with E-state index < -0.39 is 0 Å². The fourth-order valence-electron chi connectivity index (χ4n) is 2.33. The summed E-state index contributed by atoms with van der Waals surface area (Å²) in [5, 5.41) is 8.06. The Hall–Kier alpha value is -1.36. The first kappa shape index (κ1) is 13.1. The van der Waals surface area contributed by atoms with Gasteiger partial charge in [-0.2, -0.15) is 5.10 Å². The monoisotopic (exact) mass is 264 g/mol. The van der Waals surface area contributed by atoms with Crippen molar-refractivity contribution in [3.8, 4) is 0 Å². The molecule has 3 N–H and O–H groups in total. The molecule has 0 spiro atoms. The van der Waals surface area contributed by atoms with Crippen molar-refractivity contribution in [2.45, 2.75) is 45.6 Å². The molecule has 4 nitrogen and oxygen atoms in total. The van der Waals surface area contributed by atoms with Crippen molar-refractivity contribution < 1.29 is 0 Å². The Balaban J connectivity index is 1.79. The van der Waals surface area contributed by atoms with Crippen molar-refractivity contribution in [2.24, 2.45) is 5.10 Å². The van der Waals surface area contributed by atoms with Crippen LogP contribution in [0.1, 0.15) is 42.6 Å². The van der Waals surface area contributed by atoms with Gasteiger partial charge in [0.1, 0.15) is 0 Å². The van der Waals surface area contributed by atoms with Crippen LogP contribution in [0.4, 0.5) is 0 Å². The summed E-state index contributed by atoms with van der Waals surface area (Å²) in [5.41, 5.74) is 6.21. The quantitative estimate of drug-likeness (QED) is 0.446. The molecule has 2 rings (SSSR count). The number of nitrogens with one attached hydrogen (secondary N) is 3. The molecule has 1 heterocycles. The summed E-state index contributed by atoms with van der Waals surface area (Å²) in [6.07, 6.45) is 6.81. The summed E-state index contributed by atoms with van der Waals surface area (Å²) >= 11 is 5.20. The molecule has 0 aromatic carbocycles. The molecule has 0 amide bonds. The topological polar surface area (TPSA) is 52.2 Å². The van der Waals surface area contributed by atoms with Crippen molar-refractivity contribution in [1.82, 2.24) is 15.7 Å². The maximum atomic E-state index is 5.20. The highest BCUT2D eigenvalue weighted by Crippen LogP contribution is 2.17. The largest absolute Gasteiger partial charge is 0.362 e.